The number of nitrogens with one attached hydrogen (secondary N) is 1. The molecule has 4 nitrogen and oxygen atoms in total. The first-order chi connectivity index (χ1) is 5.27. The number of likely N-dealkylation sites (tertiary alicyclic amines) is 1. The van der Waals surface area contributed by atoms with Gasteiger partial charge < -0.3 is 9.47 Å². The second kappa shape index (κ2) is 2.42. The Labute approximate surface area is 69.8 Å². The molecule has 0 saturated carbocycles. The zero-order valence-electron chi connectivity index (χ0n) is 6.32. The van der Waals surface area contributed by atoms with Crippen LogP contribution in [0, 0.1) is 4.77 Å². The Balaban J connectivity index is 2.19. The topological polar surface area (TPSA) is 36.9 Å². The summed E-state index contributed by atoms with van der Waals surface area (Å²) in [4.78, 5) is 2.25. The first kappa shape index (κ1) is 7.00. The number of aromatic amines is 1. The lowest BCUT2D eigenvalue weighted by molar-refractivity contribution is 0.139. The third-order valence-electron chi connectivity index (χ3n) is 2.02. The van der Waals surface area contributed by atoms with Crippen LogP contribution in [0.5, 0.6) is 0 Å². The van der Waals surface area contributed by atoms with Gasteiger partial charge in [0.15, 0.2) is 4.77 Å². The van der Waals surface area contributed by atoms with Crippen LogP contribution in [0.15, 0.2) is 6.33 Å². The Morgan fingerprint density at radius 1 is 1.73 bits per heavy atom. The molecule has 5 heteroatoms. The van der Waals surface area contributed by atoms with Gasteiger partial charge in [-0.25, -0.2) is 0 Å². The SMILES string of the molecule is CN1CC(n2cn[nH]c2=S)C1. The minimum absolute atomic E-state index is 0.534. The van der Waals surface area contributed by atoms with Crippen LogP contribution in [-0.4, -0.2) is 39.8 Å². The molecule has 1 aromatic rings. The number of H-pyrrole nitrogens is 1. The summed E-state index contributed by atoms with van der Waals surface area (Å²) in [6.07, 6.45) is 1.76. The molecule has 1 aromatic heterocycles. The van der Waals surface area contributed by atoms with E-state index in [1.807, 2.05) is 4.57 Å². The molecule has 60 valence electrons. The van der Waals surface area contributed by atoms with E-state index >= 15 is 0 Å². The normalized spacial score (nSPS) is 20.1. The summed E-state index contributed by atoms with van der Waals surface area (Å²) in [7, 11) is 2.10. The molecule has 1 aliphatic heterocycles. The standard InChI is InChI=1S/C6H10N4S/c1-9-2-5(3-9)10-4-7-8-6(10)11/h4-5H,2-3H2,1H3,(H,8,11). The van der Waals surface area contributed by atoms with Crippen LogP contribution >= 0.6 is 12.2 Å². The largest absolute Gasteiger partial charge is 0.302 e. The quantitative estimate of drug-likeness (QED) is 0.621. The van der Waals surface area contributed by atoms with Crippen LogP contribution in [0.25, 0.3) is 0 Å². The molecule has 0 aromatic carbocycles. The fraction of sp³-hybridized carbons (Fsp3) is 0.667. The van der Waals surface area contributed by atoms with E-state index in [0.717, 1.165) is 17.9 Å². The maximum absolute atomic E-state index is 5.03. The Morgan fingerprint density at radius 3 is 2.91 bits per heavy atom. The molecular formula is C6H10N4S. The number of hydrogen-bond donors (Lipinski definition) is 1. The molecule has 2 rings (SSSR count). The van der Waals surface area contributed by atoms with E-state index < -0.39 is 0 Å². The Hall–Kier alpha value is -0.680. The molecule has 0 amide bonds. The molecule has 1 aliphatic rings. The van der Waals surface area contributed by atoms with E-state index in [1.165, 1.54) is 0 Å². The highest BCUT2D eigenvalue weighted by molar-refractivity contribution is 7.71. The van der Waals surface area contributed by atoms with Gasteiger partial charge in [-0.05, 0) is 19.3 Å². The number of nitrogens with zero attached hydrogens (tertiary/aromatic N) is 3. The van der Waals surface area contributed by atoms with Crippen LogP contribution in [0.4, 0.5) is 0 Å². The van der Waals surface area contributed by atoms with Gasteiger partial charge in [-0.2, -0.15) is 5.10 Å². The third kappa shape index (κ3) is 1.10. The molecule has 0 aliphatic carbocycles. The Kier molecular flexibility index (Phi) is 1.54. The van der Waals surface area contributed by atoms with Crippen LogP contribution in [0.2, 0.25) is 0 Å². The lowest BCUT2D eigenvalue weighted by atomic mass is 10.1. The van der Waals surface area contributed by atoms with Crippen molar-refractivity contribution in [2.24, 2.45) is 0 Å². The second-order valence-corrected chi connectivity index (χ2v) is 3.33. The van der Waals surface area contributed by atoms with Gasteiger partial charge in [0.25, 0.3) is 0 Å². The zero-order chi connectivity index (χ0) is 7.84. The van der Waals surface area contributed by atoms with E-state index in [-0.39, 0.29) is 0 Å². The molecule has 0 atom stereocenters. The van der Waals surface area contributed by atoms with Crippen molar-refractivity contribution in [1.82, 2.24) is 19.7 Å². The predicted molar refractivity (Wildman–Crippen MR) is 43.9 cm³/mol. The smallest absolute Gasteiger partial charge is 0.195 e. The monoisotopic (exact) mass is 170 g/mol. The van der Waals surface area contributed by atoms with Crippen molar-refractivity contribution in [3.05, 3.63) is 11.1 Å². The average Bonchev–Trinajstić information content (AvgIpc) is 2.29. The summed E-state index contributed by atoms with van der Waals surface area (Å²) >= 11 is 5.03. The molecule has 2 heterocycles. The van der Waals surface area contributed by atoms with Gasteiger partial charge in [-0.15, -0.1) is 0 Å². The van der Waals surface area contributed by atoms with Crippen LogP contribution < -0.4 is 0 Å². The summed E-state index contributed by atoms with van der Waals surface area (Å²) in [5.41, 5.74) is 0. The molecule has 0 radical (unpaired) electrons. The molecule has 0 bridgehead atoms. The van der Waals surface area contributed by atoms with Gasteiger partial charge in [-0.3, -0.25) is 5.10 Å². The molecule has 1 saturated heterocycles. The number of likely N-dealkylation sites (N-methyl/N-ethyl adjacent to an activating group) is 1. The molecule has 11 heavy (non-hydrogen) atoms. The minimum Gasteiger partial charge on any atom is -0.302 e. The van der Waals surface area contributed by atoms with Crippen LogP contribution in [0.1, 0.15) is 6.04 Å². The van der Waals surface area contributed by atoms with Crippen molar-refractivity contribution in [3.8, 4) is 0 Å². The summed E-state index contributed by atoms with van der Waals surface area (Å²) < 4.78 is 2.73. The minimum atomic E-state index is 0.534. The second-order valence-electron chi connectivity index (χ2n) is 2.94. The number of hydrogen-bond acceptors (Lipinski definition) is 3. The summed E-state index contributed by atoms with van der Waals surface area (Å²) in [5, 5.41) is 6.61. The first-order valence-corrected chi connectivity index (χ1v) is 3.98. The predicted octanol–water partition coefficient (Wildman–Crippen LogP) is 0.427. The maximum Gasteiger partial charge on any atom is 0.195 e. The van der Waals surface area contributed by atoms with Gasteiger partial charge in [0.1, 0.15) is 6.33 Å². The number of rotatable bonds is 1. The lowest BCUT2D eigenvalue weighted by Crippen LogP contribution is -2.44. The molecule has 1 fully saturated rings. The number of aromatic nitrogens is 3. The Bertz CT molecular complexity index is 296. The summed E-state index contributed by atoms with van der Waals surface area (Å²) in [6, 6.07) is 0.534. The van der Waals surface area contributed by atoms with Crippen molar-refractivity contribution in [3.63, 3.8) is 0 Å². The fourth-order valence-electron chi connectivity index (χ4n) is 1.36. The van der Waals surface area contributed by atoms with E-state index in [2.05, 4.69) is 22.1 Å². The molecule has 0 spiro atoms. The summed E-state index contributed by atoms with van der Waals surface area (Å²) in [6.45, 7) is 2.15. The van der Waals surface area contributed by atoms with Crippen LogP contribution in [0.3, 0.4) is 0 Å². The highest BCUT2D eigenvalue weighted by atomic mass is 32.1. The van der Waals surface area contributed by atoms with Gasteiger partial charge in [0, 0.05) is 13.1 Å². The summed E-state index contributed by atoms with van der Waals surface area (Å²) in [5.74, 6) is 0. The highest BCUT2D eigenvalue weighted by Gasteiger charge is 2.24. The van der Waals surface area contributed by atoms with Gasteiger partial charge in [0.05, 0.1) is 6.04 Å². The van der Waals surface area contributed by atoms with Crippen molar-refractivity contribution in [1.29, 1.82) is 0 Å². The zero-order valence-corrected chi connectivity index (χ0v) is 7.14. The molecule has 0 unspecified atom stereocenters. The highest BCUT2D eigenvalue weighted by Crippen LogP contribution is 2.17. The first-order valence-electron chi connectivity index (χ1n) is 3.57. The van der Waals surface area contributed by atoms with Crippen molar-refractivity contribution >= 4 is 12.2 Å². The lowest BCUT2D eigenvalue weighted by Gasteiger charge is -2.36. The van der Waals surface area contributed by atoms with Crippen molar-refractivity contribution in [2.75, 3.05) is 20.1 Å². The van der Waals surface area contributed by atoms with E-state index in [4.69, 9.17) is 12.2 Å². The maximum atomic E-state index is 5.03. The third-order valence-corrected chi connectivity index (χ3v) is 2.32. The van der Waals surface area contributed by atoms with Gasteiger partial charge in [0.2, 0.25) is 0 Å². The fourth-order valence-corrected chi connectivity index (χ4v) is 1.61. The van der Waals surface area contributed by atoms with E-state index in [9.17, 15) is 0 Å². The van der Waals surface area contributed by atoms with Crippen molar-refractivity contribution in [2.45, 2.75) is 6.04 Å². The van der Waals surface area contributed by atoms with Gasteiger partial charge >= 0.3 is 0 Å². The van der Waals surface area contributed by atoms with Crippen molar-refractivity contribution < 1.29 is 0 Å². The van der Waals surface area contributed by atoms with Crippen LogP contribution in [-0.2, 0) is 0 Å². The van der Waals surface area contributed by atoms with Gasteiger partial charge in [-0.1, -0.05) is 0 Å². The van der Waals surface area contributed by atoms with E-state index in [1.54, 1.807) is 6.33 Å². The van der Waals surface area contributed by atoms with E-state index in [0.29, 0.717) is 6.04 Å². The molecule has 1 N–H and O–H groups in total. The Morgan fingerprint density at radius 2 is 2.45 bits per heavy atom. The molecular weight excluding hydrogens is 160 g/mol. The average molecular weight is 170 g/mol.